The van der Waals surface area contributed by atoms with Crippen molar-refractivity contribution in [2.75, 3.05) is 5.32 Å². The van der Waals surface area contributed by atoms with Crippen LogP contribution >= 0.6 is 22.6 Å². The Morgan fingerprint density at radius 2 is 2.05 bits per heavy atom. The van der Waals surface area contributed by atoms with E-state index in [1.807, 2.05) is 43.5 Å². The molecular formula is C14H11IN4O. The summed E-state index contributed by atoms with van der Waals surface area (Å²) in [5.41, 5.74) is 2.41. The molecule has 3 rings (SSSR count). The van der Waals surface area contributed by atoms with Crippen LogP contribution in [0.4, 0.5) is 5.95 Å². The number of aryl methyl sites for hydroxylation is 1. The predicted molar refractivity (Wildman–Crippen MR) is 84.8 cm³/mol. The quantitative estimate of drug-likeness (QED) is 0.698. The number of benzene rings is 1. The highest BCUT2D eigenvalue weighted by molar-refractivity contribution is 14.1. The minimum atomic E-state index is -0.184. The number of carbonyl (C=O) groups is 1. The number of halogens is 1. The molecule has 0 aliphatic rings. The van der Waals surface area contributed by atoms with Crippen molar-refractivity contribution in [3.63, 3.8) is 0 Å². The second-order valence-corrected chi connectivity index (χ2v) is 5.42. The summed E-state index contributed by atoms with van der Waals surface area (Å²) in [6.07, 6.45) is 1.81. The van der Waals surface area contributed by atoms with Crippen LogP contribution in [-0.4, -0.2) is 20.5 Å². The fraction of sp³-hybridized carbons (Fsp3) is 0.0714. The van der Waals surface area contributed by atoms with Gasteiger partial charge in [-0.15, -0.1) is 10.2 Å². The third-order valence-electron chi connectivity index (χ3n) is 2.98. The molecule has 20 heavy (non-hydrogen) atoms. The second kappa shape index (κ2) is 5.20. The van der Waals surface area contributed by atoms with E-state index in [2.05, 4.69) is 38.1 Å². The number of pyridine rings is 1. The summed E-state index contributed by atoms with van der Waals surface area (Å²) in [7, 11) is 0. The topological polar surface area (TPSA) is 59.3 Å². The molecule has 6 heteroatoms. The minimum Gasteiger partial charge on any atom is -0.290 e. The Morgan fingerprint density at radius 1 is 1.20 bits per heavy atom. The lowest BCUT2D eigenvalue weighted by atomic mass is 10.1. The van der Waals surface area contributed by atoms with Gasteiger partial charge in [0.05, 0.1) is 5.56 Å². The first-order valence-corrected chi connectivity index (χ1v) is 7.11. The molecule has 0 aliphatic carbocycles. The molecule has 0 radical (unpaired) electrons. The van der Waals surface area contributed by atoms with Crippen molar-refractivity contribution in [2.24, 2.45) is 0 Å². The van der Waals surface area contributed by atoms with E-state index < -0.39 is 0 Å². The molecule has 2 heterocycles. The molecule has 0 spiro atoms. The molecule has 3 aromatic rings. The molecule has 100 valence electrons. The van der Waals surface area contributed by atoms with Crippen LogP contribution in [0, 0.1) is 10.5 Å². The van der Waals surface area contributed by atoms with Gasteiger partial charge in [0, 0.05) is 9.77 Å². The van der Waals surface area contributed by atoms with Gasteiger partial charge in [-0.2, -0.15) is 0 Å². The number of anilines is 1. The Kier molecular flexibility index (Phi) is 3.39. The minimum absolute atomic E-state index is 0.184. The third-order valence-corrected chi connectivity index (χ3v) is 4.41. The van der Waals surface area contributed by atoms with E-state index in [9.17, 15) is 4.79 Å². The molecule has 0 atom stereocenters. The van der Waals surface area contributed by atoms with Crippen molar-refractivity contribution in [1.29, 1.82) is 0 Å². The first kappa shape index (κ1) is 13.0. The first-order chi connectivity index (χ1) is 9.66. The van der Waals surface area contributed by atoms with Gasteiger partial charge in [0.2, 0.25) is 5.95 Å². The van der Waals surface area contributed by atoms with Crippen LogP contribution in [0.3, 0.4) is 0 Å². The van der Waals surface area contributed by atoms with Gasteiger partial charge in [0.1, 0.15) is 0 Å². The van der Waals surface area contributed by atoms with E-state index in [0.29, 0.717) is 17.2 Å². The van der Waals surface area contributed by atoms with Crippen molar-refractivity contribution < 1.29 is 4.79 Å². The molecule has 0 saturated carbocycles. The molecular weight excluding hydrogens is 367 g/mol. The van der Waals surface area contributed by atoms with Crippen molar-refractivity contribution in [3.8, 4) is 0 Å². The standard InChI is InChI=1S/C14H11IN4O/c1-9-5-4-6-10(12(9)15)13(20)16-14-18-17-11-7-2-3-8-19(11)14/h2-8H,1H3,(H,16,18,20). The van der Waals surface area contributed by atoms with Crippen LogP contribution in [0.1, 0.15) is 15.9 Å². The normalized spacial score (nSPS) is 10.7. The maximum absolute atomic E-state index is 12.3. The zero-order valence-electron chi connectivity index (χ0n) is 10.7. The van der Waals surface area contributed by atoms with Crippen LogP contribution in [0.25, 0.3) is 5.65 Å². The molecule has 0 aliphatic heterocycles. The van der Waals surface area contributed by atoms with Crippen molar-refractivity contribution in [2.45, 2.75) is 6.92 Å². The lowest BCUT2D eigenvalue weighted by Gasteiger charge is -2.07. The summed E-state index contributed by atoms with van der Waals surface area (Å²) in [4.78, 5) is 12.3. The number of fused-ring (bicyclic) bond motifs is 1. The molecule has 1 N–H and O–H groups in total. The highest BCUT2D eigenvalue weighted by Crippen LogP contribution is 2.18. The van der Waals surface area contributed by atoms with Gasteiger partial charge >= 0.3 is 0 Å². The van der Waals surface area contributed by atoms with Crippen LogP contribution in [0.15, 0.2) is 42.6 Å². The lowest BCUT2D eigenvalue weighted by molar-refractivity contribution is 0.102. The average Bonchev–Trinajstić information content (AvgIpc) is 2.85. The number of aromatic nitrogens is 3. The zero-order chi connectivity index (χ0) is 14.1. The van der Waals surface area contributed by atoms with Crippen LogP contribution < -0.4 is 5.32 Å². The number of rotatable bonds is 2. The highest BCUT2D eigenvalue weighted by Gasteiger charge is 2.14. The van der Waals surface area contributed by atoms with Crippen molar-refractivity contribution in [1.82, 2.24) is 14.6 Å². The lowest BCUT2D eigenvalue weighted by Crippen LogP contribution is -2.16. The first-order valence-electron chi connectivity index (χ1n) is 6.03. The summed E-state index contributed by atoms with van der Waals surface area (Å²) < 4.78 is 2.68. The Labute approximate surface area is 129 Å². The van der Waals surface area contributed by atoms with Gasteiger partial charge in [0.25, 0.3) is 5.91 Å². The van der Waals surface area contributed by atoms with Gasteiger partial charge in [-0.3, -0.25) is 14.5 Å². The molecule has 1 aromatic carbocycles. The van der Waals surface area contributed by atoms with Gasteiger partial charge in [-0.05, 0) is 53.3 Å². The Balaban J connectivity index is 1.95. The van der Waals surface area contributed by atoms with Gasteiger partial charge < -0.3 is 0 Å². The summed E-state index contributed by atoms with van der Waals surface area (Å²) in [5.74, 6) is 0.235. The van der Waals surface area contributed by atoms with Gasteiger partial charge in [-0.1, -0.05) is 18.2 Å². The van der Waals surface area contributed by atoms with Crippen molar-refractivity contribution in [3.05, 3.63) is 57.3 Å². The number of nitrogens with zero attached hydrogens (tertiary/aromatic N) is 3. The van der Waals surface area contributed by atoms with Gasteiger partial charge in [-0.25, -0.2) is 0 Å². The predicted octanol–water partition coefficient (Wildman–Crippen LogP) is 2.89. The number of hydrogen-bond acceptors (Lipinski definition) is 3. The molecule has 5 nitrogen and oxygen atoms in total. The molecule has 0 unspecified atom stereocenters. The van der Waals surface area contributed by atoms with Crippen molar-refractivity contribution >= 4 is 40.1 Å². The van der Waals surface area contributed by atoms with Crippen LogP contribution in [0.2, 0.25) is 0 Å². The Morgan fingerprint density at radius 3 is 2.90 bits per heavy atom. The third kappa shape index (κ3) is 2.26. The summed E-state index contributed by atoms with van der Waals surface area (Å²) in [5, 5.41) is 10.8. The van der Waals surface area contributed by atoms with E-state index in [0.717, 1.165) is 9.13 Å². The van der Waals surface area contributed by atoms with Gasteiger partial charge in [0.15, 0.2) is 5.65 Å². The fourth-order valence-electron chi connectivity index (χ4n) is 1.92. The number of nitrogens with one attached hydrogen (secondary N) is 1. The monoisotopic (exact) mass is 378 g/mol. The summed E-state index contributed by atoms with van der Waals surface area (Å²) in [6, 6.07) is 11.2. The Bertz CT molecular complexity index is 797. The zero-order valence-corrected chi connectivity index (χ0v) is 12.8. The smallest absolute Gasteiger partial charge is 0.259 e. The molecule has 2 aromatic heterocycles. The van der Waals surface area contributed by atoms with E-state index in [-0.39, 0.29) is 5.91 Å². The molecule has 0 saturated heterocycles. The Hall–Kier alpha value is -1.96. The fourth-order valence-corrected chi connectivity index (χ4v) is 2.52. The van der Waals surface area contributed by atoms with E-state index in [4.69, 9.17) is 0 Å². The molecule has 1 amide bonds. The van der Waals surface area contributed by atoms with E-state index in [1.54, 1.807) is 10.5 Å². The maximum atomic E-state index is 12.3. The molecule has 0 fully saturated rings. The SMILES string of the molecule is Cc1cccc(C(=O)Nc2nnc3ccccn23)c1I. The van der Waals surface area contributed by atoms with Crippen LogP contribution in [-0.2, 0) is 0 Å². The van der Waals surface area contributed by atoms with Crippen LogP contribution in [0.5, 0.6) is 0 Å². The molecule has 0 bridgehead atoms. The van der Waals surface area contributed by atoms with E-state index in [1.165, 1.54) is 0 Å². The average molecular weight is 378 g/mol. The van der Waals surface area contributed by atoms with E-state index >= 15 is 0 Å². The maximum Gasteiger partial charge on any atom is 0.259 e. The summed E-state index contributed by atoms with van der Waals surface area (Å²) in [6.45, 7) is 1.98. The summed E-state index contributed by atoms with van der Waals surface area (Å²) >= 11 is 2.18. The number of carbonyl (C=O) groups excluding carboxylic acids is 1. The second-order valence-electron chi connectivity index (χ2n) is 4.34. The highest BCUT2D eigenvalue weighted by atomic mass is 127. The number of hydrogen-bond donors (Lipinski definition) is 1. The number of amides is 1. The largest absolute Gasteiger partial charge is 0.290 e.